The second kappa shape index (κ2) is 6.98. The highest BCUT2D eigenvalue weighted by molar-refractivity contribution is 5.54. The monoisotopic (exact) mass is 372 g/mol. The molecule has 0 fully saturated rings. The highest BCUT2D eigenvalue weighted by atomic mass is 19.3. The molecule has 0 saturated carbocycles. The van der Waals surface area contributed by atoms with Gasteiger partial charge < -0.3 is 4.42 Å². The van der Waals surface area contributed by atoms with E-state index in [0.29, 0.717) is 17.0 Å². The van der Waals surface area contributed by atoms with Gasteiger partial charge in [0.05, 0.1) is 18.4 Å². The lowest BCUT2D eigenvalue weighted by molar-refractivity contribution is 0.116. The number of hydrogen-bond donors (Lipinski definition) is 0. The van der Waals surface area contributed by atoms with Crippen molar-refractivity contribution in [3.05, 3.63) is 66.1 Å². The van der Waals surface area contributed by atoms with Crippen LogP contribution in [0.5, 0.6) is 0 Å². The number of alkyl halides is 2. The molecule has 0 aliphatic heterocycles. The third kappa shape index (κ3) is 3.54. The van der Waals surface area contributed by atoms with Gasteiger partial charge in [-0.2, -0.15) is 8.78 Å². The highest BCUT2D eigenvalue weighted by Gasteiger charge is 2.18. The van der Waals surface area contributed by atoms with E-state index in [4.69, 9.17) is 4.42 Å². The number of rotatable bonds is 5. The SMILES string of the molecule is Fc1cc(-c2nnc(C(F)F)o2)ccc1Cn1cc(-c2ccccn2)nn1. The maximum absolute atomic E-state index is 14.4. The van der Waals surface area contributed by atoms with Crippen molar-refractivity contribution in [1.82, 2.24) is 30.2 Å². The maximum atomic E-state index is 14.4. The number of pyridine rings is 1. The molecule has 1 aromatic carbocycles. The summed E-state index contributed by atoms with van der Waals surface area (Å²) in [4.78, 5) is 4.18. The first-order valence-corrected chi connectivity index (χ1v) is 7.82. The van der Waals surface area contributed by atoms with E-state index in [1.54, 1.807) is 24.5 Å². The third-order valence-electron chi connectivity index (χ3n) is 3.73. The summed E-state index contributed by atoms with van der Waals surface area (Å²) in [6, 6.07) is 9.57. The summed E-state index contributed by atoms with van der Waals surface area (Å²) in [6.07, 6.45) is 0.419. The molecule has 0 radical (unpaired) electrons. The van der Waals surface area contributed by atoms with Gasteiger partial charge in [0.2, 0.25) is 5.89 Å². The second-order valence-corrected chi connectivity index (χ2v) is 5.57. The van der Waals surface area contributed by atoms with Gasteiger partial charge in [0, 0.05) is 17.3 Å². The summed E-state index contributed by atoms with van der Waals surface area (Å²) in [5.74, 6) is -1.53. The molecule has 4 rings (SSSR count). The van der Waals surface area contributed by atoms with E-state index in [1.807, 2.05) is 6.07 Å². The van der Waals surface area contributed by atoms with Crippen molar-refractivity contribution in [3.8, 4) is 22.8 Å². The fourth-order valence-electron chi connectivity index (χ4n) is 2.43. The predicted molar refractivity (Wildman–Crippen MR) is 87.0 cm³/mol. The van der Waals surface area contributed by atoms with Crippen LogP contribution in [0.25, 0.3) is 22.8 Å². The summed E-state index contributed by atoms with van der Waals surface area (Å²) < 4.78 is 45.7. The summed E-state index contributed by atoms with van der Waals surface area (Å²) in [6.45, 7) is 0.137. The molecule has 0 aliphatic rings. The van der Waals surface area contributed by atoms with Crippen molar-refractivity contribution < 1.29 is 17.6 Å². The molecular weight excluding hydrogens is 361 g/mol. The summed E-state index contributed by atoms with van der Waals surface area (Å²) in [5, 5.41) is 14.7. The Bertz CT molecular complexity index is 1060. The summed E-state index contributed by atoms with van der Waals surface area (Å²) >= 11 is 0. The van der Waals surface area contributed by atoms with Gasteiger partial charge in [-0.1, -0.05) is 17.3 Å². The zero-order chi connectivity index (χ0) is 18.8. The molecular formula is C17H11F3N6O. The zero-order valence-corrected chi connectivity index (χ0v) is 13.6. The van der Waals surface area contributed by atoms with Gasteiger partial charge in [-0.25, -0.2) is 9.07 Å². The molecule has 3 aromatic heterocycles. The van der Waals surface area contributed by atoms with Crippen LogP contribution in [0.3, 0.4) is 0 Å². The van der Waals surface area contributed by atoms with Crippen LogP contribution in [0.15, 0.2) is 53.2 Å². The van der Waals surface area contributed by atoms with Crippen LogP contribution in [0, 0.1) is 5.82 Å². The predicted octanol–water partition coefficient (Wildman–Crippen LogP) is 3.52. The van der Waals surface area contributed by atoms with Crippen LogP contribution < -0.4 is 0 Å². The van der Waals surface area contributed by atoms with Crippen LogP contribution >= 0.6 is 0 Å². The minimum Gasteiger partial charge on any atom is -0.415 e. The quantitative estimate of drug-likeness (QED) is 0.533. The Labute approximate surface area is 150 Å². The molecule has 3 heterocycles. The number of aromatic nitrogens is 6. The number of hydrogen-bond acceptors (Lipinski definition) is 6. The Kier molecular flexibility index (Phi) is 4.37. The number of benzene rings is 1. The molecule has 4 aromatic rings. The molecule has 136 valence electrons. The van der Waals surface area contributed by atoms with Crippen molar-refractivity contribution in [2.45, 2.75) is 13.0 Å². The fraction of sp³-hybridized carbons (Fsp3) is 0.118. The van der Waals surface area contributed by atoms with E-state index in [-0.39, 0.29) is 18.0 Å². The number of nitrogens with zero attached hydrogens (tertiary/aromatic N) is 6. The van der Waals surface area contributed by atoms with Crippen LogP contribution in [0.4, 0.5) is 13.2 Å². The lowest BCUT2D eigenvalue weighted by Crippen LogP contribution is -2.03. The van der Waals surface area contributed by atoms with Gasteiger partial charge >= 0.3 is 6.43 Å². The third-order valence-corrected chi connectivity index (χ3v) is 3.73. The molecule has 10 heteroatoms. The molecule has 0 amide bonds. The van der Waals surface area contributed by atoms with Gasteiger partial charge in [0.25, 0.3) is 5.89 Å². The van der Waals surface area contributed by atoms with E-state index in [1.165, 1.54) is 16.8 Å². The normalized spacial score (nSPS) is 11.3. The first-order valence-electron chi connectivity index (χ1n) is 7.82. The highest BCUT2D eigenvalue weighted by Crippen LogP contribution is 2.25. The Hall–Kier alpha value is -3.56. The van der Waals surface area contributed by atoms with Gasteiger partial charge in [-0.15, -0.1) is 15.3 Å². The van der Waals surface area contributed by atoms with Crippen molar-refractivity contribution in [2.75, 3.05) is 0 Å². The summed E-state index contributed by atoms with van der Waals surface area (Å²) in [7, 11) is 0. The van der Waals surface area contributed by atoms with Crippen molar-refractivity contribution in [3.63, 3.8) is 0 Å². The smallest absolute Gasteiger partial charge is 0.314 e. The van der Waals surface area contributed by atoms with E-state index < -0.39 is 18.1 Å². The standard InChI is InChI=1S/C17H11F3N6O/c18-12-7-10(16-23-24-17(27-16)15(19)20)4-5-11(12)8-26-9-14(22-25-26)13-3-1-2-6-21-13/h1-7,9,15H,8H2. The van der Waals surface area contributed by atoms with Crippen molar-refractivity contribution in [2.24, 2.45) is 0 Å². The topological polar surface area (TPSA) is 82.5 Å². The molecule has 27 heavy (non-hydrogen) atoms. The molecule has 7 nitrogen and oxygen atoms in total. The largest absolute Gasteiger partial charge is 0.415 e. The number of halogens is 3. The molecule has 0 atom stereocenters. The van der Waals surface area contributed by atoms with Crippen LogP contribution in [0.1, 0.15) is 17.9 Å². The Balaban J connectivity index is 1.54. The first-order chi connectivity index (χ1) is 13.1. The van der Waals surface area contributed by atoms with E-state index in [0.717, 1.165) is 6.07 Å². The van der Waals surface area contributed by atoms with Gasteiger partial charge in [-0.3, -0.25) is 4.98 Å². The summed E-state index contributed by atoms with van der Waals surface area (Å²) in [5.41, 5.74) is 1.78. The lowest BCUT2D eigenvalue weighted by Gasteiger charge is -2.04. The van der Waals surface area contributed by atoms with E-state index in [2.05, 4.69) is 25.5 Å². The molecule has 0 spiro atoms. The molecule has 0 unspecified atom stereocenters. The average molecular weight is 372 g/mol. The lowest BCUT2D eigenvalue weighted by atomic mass is 10.1. The van der Waals surface area contributed by atoms with Gasteiger partial charge in [0.1, 0.15) is 11.5 Å². The molecule has 0 N–H and O–H groups in total. The fourth-order valence-corrected chi connectivity index (χ4v) is 2.43. The van der Waals surface area contributed by atoms with Crippen LogP contribution in [0.2, 0.25) is 0 Å². The second-order valence-electron chi connectivity index (χ2n) is 5.57. The van der Waals surface area contributed by atoms with Crippen molar-refractivity contribution in [1.29, 1.82) is 0 Å². The molecule has 0 saturated heterocycles. The Morgan fingerprint density at radius 1 is 1.04 bits per heavy atom. The minimum atomic E-state index is -2.88. The zero-order valence-electron chi connectivity index (χ0n) is 13.6. The maximum Gasteiger partial charge on any atom is 0.314 e. The molecule has 0 bridgehead atoms. The van der Waals surface area contributed by atoms with E-state index >= 15 is 0 Å². The Morgan fingerprint density at radius 3 is 2.63 bits per heavy atom. The van der Waals surface area contributed by atoms with Crippen LogP contribution in [-0.2, 0) is 6.54 Å². The average Bonchev–Trinajstić information content (AvgIpc) is 3.34. The van der Waals surface area contributed by atoms with E-state index in [9.17, 15) is 13.2 Å². The van der Waals surface area contributed by atoms with Gasteiger partial charge in [0.15, 0.2) is 0 Å². The minimum absolute atomic E-state index is 0.137. The van der Waals surface area contributed by atoms with Crippen molar-refractivity contribution >= 4 is 0 Å². The Morgan fingerprint density at radius 2 is 1.93 bits per heavy atom. The molecule has 0 aliphatic carbocycles. The van der Waals surface area contributed by atoms with Crippen LogP contribution in [-0.4, -0.2) is 30.2 Å². The first kappa shape index (κ1) is 16.9. The van der Waals surface area contributed by atoms with Gasteiger partial charge in [-0.05, 0) is 24.3 Å².